The molecule has 2 fully saturated rings. The van der Waals surface area contributed by atoms with Gasteiger partial charge in [0.1, 0.15) is 0 Å². The van der Waals surface area contributed by atoms with E-state index in [0.717, 1.165) is 31.9 Å². The Labute approximate surface area is 124 Å². The maximum atomic E-state index is 12.4. The number of piperazine rings is 1. The molecule has 0 radical (unpaired) electrons. The van der Waals surface area contributed by atoms with Crippen molar-refractivity contribution in [2.45, 2.75) is 0 Å². The molecule has 0 spiro atoms. The largest absolute Gasteiger partial charge is 0.336 e. The normalized spacial score (nSPS) is 19.8. The van der Waals surface area contributed by atoms with Gasteiger partial charge in [0, 0.05) is 50.5 Å². The predicted octanol–water partition coefficient (Wildman–Crippen LogP) is 0.604. The average molecular weight is 288 g/mol. The lowest BCUT2D eigenvalue weighted by Crippen LogP contribution is -2.47. The number of urea groups is 1. The van der Waals surface area contributed by atoms with E-state index in [2.05, 4.69) is 17.3 Å². The summed E-state index contributed by atoms with van der Waals surface area (Å²) >= 11 is 0. The molecule has 2 aliphatic heterocycles. The van der Waals surface area contributed by atoms with E-state index in [9.17, 15) is 9.59 Å². The van der Waals surface area contributed by atoms with Gasteiger partial charge in [0.15, 0.2) is 0 Å². The summed E-state index contributed by atoms with van der Waals surface area (Å²) in [6, 6.07) is 7.22. The molecule has 0 atom stereocenters. The fourth-order valence-corrected chi connectivity index (χ4v) is 2.69. The van der Waals surface area contributed by atoms with Gasteiger partial charge >= 0.3 is 6.03 Å². The number of carbonyl (C=O) groups excluding carboxylic acids is 2. The molecule has 2 heterocycles. The van der Waals surface area contributed by atoms with Crippen molar-refractivity contribution in [3.63, 3.8) is 0 Å². The summed E-state index contributed by atoms with van der Waals surface area (Å²) in [5.41, 5.74) is 1.52. The second-order valence-electron chi connectivity index (χ2n) is 5.53. The number of anilines is 1. The second-order valence-corrected chi connectivity index (χ2v) is 5.53. The highest BCUT2D eigenvalue weighted by Gasteiger charge is 2.23. The van der Waals surface area contributed by atoms with Gasteiger partial charge in [0.05, 0.1) is 0 Å². The van der Waals surface area contributed by atoms with Gasteiger partial charge in [0.25, 0.3) is 5.91 Å². The molecule has 1 N–H and O–H groups in total. The number of carbonyl (C=O) groups is 2. The van der Waals surface area contributed by atoms with Crippen LogP contribution in [0.2, 0.25) is 0 Å². The Bertz CT molecular complexity index is 535. The molecule has 0 unspecified atom stereocenters. The number of rotatable bonds is 2. The summed E-state index contributed by atoms with van der Waals surface area (Å²) in [7, 11) is 2.07. The zero-order valence-electron chi connectivity index (χ0n) is 12.2. The first-order chi connectivity index (χ1) is 10.1. The highest BCUT2D eigenvalue weighted by atomic mass is 16.2. The summed E-state index contributed by atoms with van der Waals surface area (Å²) in [5.74, 6) is 0.0699. The summed E-state index contributed by atoms with van der Waals surface area (Å²) in [6.07, 6.45) is 0. The zero-order valence-corrected chi connectivity index (χ0v) is 12.2. The molecule has 21 heavy (non-hydrogen) atoms. The zero-order chi connectivity index (χ0) is 14.8. The van der Waals surface area contributed by atoms with Gasteiger partial charge in [-0.25, -0.2) is 4.79 Å². The Hall–Kier alpha value is -2.08. The minimum Gasteiger partial charge on any atom is -0.336 e. The van der Waals surface area contributed by atoms with Gasteiger partial charge in [-0.15, -0.1) is 0 Å². The van der Waals surface area contributed by atoms with Crippen molar-refractivity contribution in [1.29, 1.82) is 0 Å². The minimum atomic E-state index is -0.0758. The molecular formula is C15H20N4O2. The number of hydrogen-bond acceptors (Lipinski definition) is 3. The van der Waals surface area contributed by atoms with Gasteiger partial charge in [-0.3, -0.25) is 9.69 Å². The number of benzene rings is 1. The maximum Gasteiger partial charge on any atom is 0.321 e. The van der Waals surface area contributed by atoms with Crippen LogP contribution in [0.1, 0.15) is 10.4 Å². The topological polar surface area (TPSA) is 55.9 Å². The van der Waals surface area contributed by atoms with Crippen molar-refractivity contribution in [1.82, 2.24) is 15.1 Å². The number of likely N-dealkylation sites (N-methyl/N-ethyl adjacent to an activating group) is 1. The van der Waals surface area contributed by atoms with E-state index in [1.54, 1.807) is 4.90 Å². The van der Waals surface area contributed by atoms with Gasteiger partial charge in [0.2, 0.25) is 0 Å². The molecule has 3 rings (SSSR count). The molecule has 3 amide bonds. The molecule has 0 aliphatic carbocycles. The smallest absolute Gasteiger partial charge is 0.321 e. The van der Waals surface area contributed by atoms with Crippen molar-refractivity contribution in [3.8, 4) is 0 Å². The summed E-state index contributed by atoms with van der Waals surface area (Å²) in [4.78, 5) is 29.8. The van der Waals surface area contributed by atoms with E-state index in [4.69, 9.17) is 0 Å². The van der Waals surface area contributed by atoms with E-state index < -0.39 is 0 Å². The third-order valence-corrected chi connectivity index (χ3v) is 4.07. The van der Waals surface area contributed by atoms with E-state index >= 15 is 0 Å². The van der Waals surface area contributed by atoms with Crippen molar-refractivity contribution in [2.75, 3.05) is 51.2 Å². The summed E-state index contributed by atoms with van der Waals surface area (Å²) in [6.45, 7) is 4.71. The van der Waals surface area contributed by atoms with E-state index in [0.29, 0.717) is 18.7 Å². The predicted molar refractivity (Wildman–Crippen MR) is 80.6 cm³/mol. The molecular weight excluding hydrogens is 268 g/mol. The van der Waals surface area contributed by atoms with Crippen molar-refractivity contribution >= 4 is 17.6 Å². The highest BCUT2D eigenvalue weighted by molar-refractivity contribution is 5.97. The quantitative estimate of drug-likeness (QED) is 0.867. The molecule has 1 aromatic carbocycles. The Balaban J connectivity index is 1.69. The SMILES string of the molecule is CN1CCN(C(=O)c2ccc(N3CCNC3=O)cc2)CC1. The number of hydrogen-bond donors (Lipinski definition) is 1. The van der Waals surface area contributed by atoms with E-state index in [-0.39, 0.29) is 11.9 Å². The minimum absolute atomic E-state index is 0.0699. The third kappa shape index (κ3) is 2.85. The van der Waals surface area contributed by atoms with Crippen LogP contribution >= 0.6 is 0 Å². The fourth-order valence-electron chi connectivity index (χ4n) is 2.69. The van der Waals surface area contributed by atoms with Crippen LogP contribution in [0.5, 0.6) is 0 Å². The van der Waals surface area contributed by atoms with Crippen LogP contribution in [0.25, 0.3) is 0 Å². The summed E-state index contributed by atoms with van der Waals surface area (Å²) in [5, 5.41) is 2.77. The summed E-state index contributed by atoms with van der Waals surface area (Å²) < 4.78 is 0. The van der Waals surface area contributed by atoms with Crippen LogP contribution in [-0.4, -0.2) is 68.1 Å². The fraction of sp³-hybridized carbons (Fsp3) is 0.467. The molecule has 112 valence electrons. The van der Waals surface area contributed by atoms with Gasteiger partial charge in [-0.1, -0.05) is 0 Å². The Morgan fingerprint density at radius 2 is 1.71 bits per heavy atom. The lowest BCUT2D eigenvalue weighted by molar-refractivity contribution is 0.0664. The molecule has 6 heteroatoms. The van der Waals surface area contributed by atoms with Crippen molar-refractivity contribution < 1.29 is 9.59 Å². The van der Waals surface area contributed by atoms with E-state index in [1.165, 1.54) is 0 Å². The van der Waals surface area contributed by atoms with Crippen LogP contribution in [-0.2, 0) is 0 Å². The van der Waals surface area contributed by atoms with Crippen LogP contribution in [0.4, 0.5) is 10.5 Å². The monoisotopic (exact) mass is 288 g/mol. The Kier molecular flexibility index (Phi) is 3.79. The van der Waals surface area contributed by atoms with Gasteiger partial charge in [-0.2, -0.15) is 0 Å². The maximum absolute atomic E-state index is 12.4. The van der Waals surface area contributed by atoms with Gasteiger partial charge in [-0.05, 0) is 31.3 Å². The lowest BCUT2D eigenvalue weighted by Gasteiger charge is -2.32. The van der Waals surface area contributed by atoms with Crippen LogP contribution in [0.15, 0.2) is 24.3 Å². The number of nitrogens with zero attached hydrogens (tertiary/aromatic N) is 3. The first kappa shape index (κ1) is 13.9. The highest BCUT2D eigenvalue weighted by Crippen LogP contribution is 2.18. The molecule has 1 aromatic rings. The van der Waals surface area contributed by atoms with Gasteiger partial charge < -0.3 is 15.1 Å². The van der Waals surface area contributed by atoms with Crippen molar-refractivity contribution in [3.05, 3.63) is 29.8 Å². The van der Waals surface area contributed by atoms with Crippen LogP contribution < -0.4 is 10.2 Å². The molecule has 0 bridgehead atoms. The molecule has 2 aliphatic rings. The Morgan fingerprint density at radius 1 is 1.05 bits per heavy atom. The van der Waals surface area contributed by atoms with E-state index in [1.807, 2.05) is 29.2 Å². The molecule has 2 saturated heterocycles. The van der Waals surface area contributed by atoms with Crippen LogP contribution in [0, 0.1) is 0 Å². The number of amides is 3. The molecule has 6 nitrogen and oxygen atoms in total. The first-order valence-corrected chi connectivity index (χ1v) is 7.28. The molecule has 0 saturated carbocycles. The number of nitrogens with one attached hydrogen (secondary N) is 1. The lowest BCUT2D eigenvalue weighted by atomic mass is 10.1. The molecule has 0 aromatic heterocycles. The first-order valence-electron chi connectivity index (χ1n) is 7.28. The van der Waals surface area contributed by atoms with Crippen LogP contribution in [0.3, 0.4) is 0 Å². The second kappa shape index (κ2) is 5.73. The average Bonchev–Trinajstić information content (AvgIpc) is 2.94. The Morgan fingerprint density at radius 3 is 2.29 bits per heavy atom. The van der Waals surface area contributed by atoms with Crippen molar-refractivity contribution in [2.24, 2.45) is 0 Å². The standard InChI is InChI=1S/C15H20N4O2/c1-17-8-10-18(11-9-17)14(20)12-2-4-13(5-3-12)19-7-6-16-15(19)21/h2-5H,6-11H2,1H3,(H,16,21). The third-order valence-electron chi connectivity index (χ3n) is 4.07.